The molecule has 0 radical (unpaired) electrons. The van der Waals surface area contributed by atoms with Gasteiger partial charge in [-0.1, -0.05) is 69.0 Å². The molecule has 1 fully saturated rings. The Morgan fingerprint density at radius 3 is 2.00 bits per heavy atom. The van der Waals surface area contributed by atoms with E-state index in [-0.39, 0.29) is 5.91 Å². The highest BCUT2D eigenvalue weighted by atomic mass is 16.1. The van der Waals surface area contributed by atoms with Crippen LogP contribution in [0.25, 0.3) is 11.1 Å². The summed E-state index contributed by atoms with van der Waals surface area (Å²) in [6.45, 7) is 2.28. The van der Waals surface area contributed by atoms with Gasteiger partial charge in [-0.05, 0) is 66.3 Å². The highest BCUT2D eigenvalue weighted by Gasteiger charge is 2.22. The van der Waals surface area contributed by atoms with Gasteiger partial charge in [0.1, 0.15) is 0 Å². The maximum absolute atomic E-state index is 11.2. The first kappa shape index (κ1) is 18.7. The third kappa shape index (κ3) is 4.75. The molecule has 0 aliphatic heterocycles. The molecule has 138 valence electrons. The Balaban J connectivity index is 1.57. The number of benzene rings is 2. The van der Waals surface area contributed by atoms with Crippen LogP contribution in [-0.2, 0) is 0 Å². The maximum atomic E-state index is 11.2. The smallest absolute Gasteiger partial charge is 0.248 e. The number of primary amides is 1. The fourth-order valence-corrected chi connectivity index (χ4v) is 4.24. The van der Waals surface area contributed by atoms with E-state index in [1.54, 1.807) is 12.1 Å². The summed E-state index contributed by atoms with van der Waals surface area (Å²) in [6.07, 6.45) is 11.0. The Bertz CT molecular complexity index is 694. The van der Waals surface area contributed by atoms with Crippen molar-refractivity contribution in [2.75, 3.05) is 0 Å². The third-order valence-electron chi connectivity index (χ3n) is 5.95. The summed E-state index contributed by atoms with van der Waals surface area (Å²) in [7, 11) is 0. The highest BCUT2D eigenvalue weighted by Crippen LogP contribution is 2.38. The SMILES string of the molecule is CCCCC[C@H]1CC[C@H](c2ccc(-c3ccc(C(N)=O)cc3)cc2)CC1. The van der Waals surface area contributed by atoms with Gasteiger partial charge in [-0.15, -0.1) is 0 Å². The molecular weight excluding hydrogens is 318 g/mol. The van der Waals surface area contributed by atoms with Gasteiger partial charge < -0.3 is 5.73 Å². The molecule has 0 aromatic heterocycles. The summed E-state index contributed by atoms with van der Waals surface area (Å²) in [5, 5.41) is 0. The molecule has 2 nitrogen and oxygen atoms in total. The van der Waals surface area contributed by atoms with Crippen LogP contribution in [0.15, 0.2) is 48.5 Å². The quantitative estimate of drug-likeness (QED) is 0.585. The van der Waals surface area contributed by atoms with Crippen LogP contribution < -0.4 is 5.73 Å². The Labute approximate surface area is 157 Å². The van der Waals surface area contributed by atoms with Crippen molar-refractivity contribution in [2.24, 2.45) is 11.7 Å². The van der Waals surface area contributed by atoms with Gasteiger partial charge in [0.15, 0.2) is 0 Å². The van der Waals surface area contributed by atoms with Gasteiger partial charge in [-0.3, -0.25) is 4.79 Å². The van der Waals surface area contributed by atoms with Gasteiger partial charge in [0.2, 0.25) is 5.91 Å². The fraction of sp³-hybridized carbons (Fsp3) is 0.458. The van der Waals surface area contributed by atoms with Crippen LogP contribution in [0.1, 0.15) is 80.1 Å². The Morgan fingerprint density at radius 1 is 0.885 bits per heavy atom. The molecule has 2 heteroatoms. The lowest BCUT2D eigenvalue weighted by Gasteiger charge is -2.29. The van der Waals surface area contributed by atoms with Crippen LogP contribution in [0.2, 0.25) is 0 Å². The molecule has 26 heavy (non-hydrogen) atoms. The summed E-state index contributed by atoms with van der Waals surface area (Å²) < 4.78 is 0. The summed E-state index contributed by atoms with van der Waals surface area (Å²) in [4.78, 5) is 11.2. The Morgan fingerprint density at radius 2 is 1.46 bits per heavy atom. The first-order valence-electron chi connectivity index (χ1n) is 10.2. The number of rotatable bonds is 7. The van der Waals surface area contributed by atoms with Gasteiger partial charge in [0, 0.05) is 5.56 Å². The Kier molecular flexibility index (Phi) is 6.49. The van der Waals surface area contributed by atoms with Crippen molar-refractivity contribution < 1.29 is 4.79 Å². The van der Waals surface area contributed by atoms with Gasteiger partial charge in [0.25, 0.3) is 0 Å². The first-order chi connectivity index (χ1) is 12.7. The summed E-state index contributed by atoms with van der Waals surface area (Å²) in [6, 6.07) is 16.5. The van der Waals surface area contributed by atoms with Gasteiger partial charge in [-0.25, -0.2) is 0 Å². The predicted molar refractivity (Wildman–Crippen MR) is 109 cm³/mol. The van der Waals surface area contributed by atoms with Crippen LogP contribution in [0, 0.1) is 5.92 Å². The van der Waals surface area contributed by atoms with E-state index in [0.29, 0.717) is 5.56 Å². The number of carbonyl (C=O) groups excluding carboxylic acids is 1. The van der Waals surface area contributed by atoms with Crippen LogP contribution >= 0.6 is 0 Å². The number of hydrogen-bond acceptors (Lipinski definition) is 1. The lowest BCUT2D eigenvalue weighted by atomic mass is 9.77. The Hall–Kier alpha value is -2.09. The van der Waals surface area contributed by atoms with Crippen molar-refractivity contribution in [3.8, 4) is 11.1 Å². The average Bonchev–Trinajstić information content (AvgIpc) is 2.69. The molecule has 0 spiro atoms. The molecule has 3 rings (SSSR count). The third-order valence-corrected chi connectivity index (χ3v) is 5.95. The maximum Gasteiger partial charge on any atom is 0.248 e. The highest BCUT2D eigenvalue weighted by molar-refractivity contribution is 5.93. The van der Waals surface area contributed by atoms with Crippen LogP contribution in [-0.4, -0.2) is 5.91 Å². The van der Waals surface area contributed by atoms with E-state index in [4.69, 9.17) is 5.73 Å². The molecule has 1 saturated carbocycles. The van der Waals surface area contributed by atoms with Crippen LogP contribution in [0.4, 0.5) is 0 Å². The standard InChI is InChI=1S/C24H31NO/c1-2-3-4-5-18-6-8-19(9-7-18)20-10-12-21(13-11-20)22-14-16-23(17-15-22)24(25)26/h10-19H,2-9H2,1H3,(H2,25,26)/t18-,19-. The number of carbonyl (C=O) groups is 1. The number of hydrogen-bond donors (Lipinski definition) is 1. The van der Waals surface area contributed by atoms with E-state index in [1.807, 2.05) is 12.1 Å². The van der Waals surface area contributed by atoms with Gasteiger partial charge >= 0.3 is 0 Å². The summed E-state index contributed by atoms with van der Waals surface area (Å²) in [5.74, 6) is 1.31. The topological polar surface area (TPSA) is 43.1 Å². The second-order valence-corrected chi connectivity index (χ2v) is 7.78. The average molecular weight is 350 g/mol. The zero-order chi connectivity index (χ0) is 18.4. The minimum absolute atomic E-state index is 0.378. The van der Waals surface area contributed by atoms with E-state index < -0.39 is 0 Å². The first-order valence-corrected chi connectivity index (χ1v) is 10.2. The van der Waals surface area contributed by atoms with Crippen LogP contribution in [0.5, 0.6) is 0 Å². The van der Waals surface area contributed by atoms with Gasteiger partial charge in [-0.2, -0.15) is 0 Å². The van der Waals surface area contributed by atoms with E-state index >= 15 is 0 Å². The lowest BCUT2D eigenvalue weighted by molar-refractivity contribution is 0.100. The monoisotopic (exact) mass is 349 g/mol. The van der Waals surface area contributed by atoms with Crippen molar-refractivity contribution in [3.05, 3.63) is 59.7 Å². The molecular formula is C24H31NO. The molecule has 2 aromatic rings. The molecule has 1 aliphatic rings. The number of amides is 1. The van der Waals surface area contributed by atoms with Crippen molar-refractivity contribution in [3.63, 3.8) is 0 Å². The van der Waals surface area contributed by atoms with E-state index in [1.165, 1.54) is 62.5 Å². The molecule has 2 aromatic carbocycles. The predicted octanol–water partition coefficient (Wildman–Crippen LogP) is 6.31. The number of unbranched alkanes of at least 4 members (excludes halogenated alkanes) is 2. The minimum Gasteiger partial charge on any atom is -0.366 e. The van der Waals surface area contributed by atoms with E-state index in [0.717, 1.165) is 17.4 Å². The fourth-order valence-electron chi connectivity index (χ4n) is 4.24. The second kappa shape index (κ2) is 9.02. The van der Waals surface area contributed by atoms with Crippen molar-refractivity contribution in [1.29, 1.82) is 0 Å². The van der Waals surface area contributed by atoms with E-state index in [9.17, 15) is 4.79 Å². The lowest BCUT2D eigenvalue weighted by Crippen LogP contribution is -2.13. The largest absolute Gasteiger partial charge is 0.366 e. The molecule has 0 bridgehead atoms. The summed E-state index contributed by atoms with van der Waals surface area (Å²) in [5.41, 5.74) is 9.67. The zero-order valence-corrected chi connectivity index (χ0v) is 15.9. The molecule has 2 N–H and O–H groups in total. The summed E-state index contributed by atoms with van der Waals surface area (Å²) >= 11 is 0. The van der Waals surface area contributed by atoms with E-state index in [2.05, 4.69) is 31.2 Å². The normalized spacial score (nSPS) is 20.0. The molecule has 0 heterocycles. The number of nitrogens with two attached hydrogens (primary N) is 1. The molecule has 1 amide bonds. The van der Waals surface area contributed by atoms with Crippen molar-refractivity contribution in [2.45, 2.75) is 64.2 Å². The molecule has 0 unspecified atom stereocenters. The van der Waals surface area contributed by atoms with Crippen molar-refractivity contribution in [1.82, 2.24) is 0 Å². The second-order valence-electron chi connectivity index (χ2n) is 7.78. The minimum atomic E-state index is -0.378. The van der Waals surface area contributed by atoms with Crippen LogP contribution in [0.3, 0.4) is 0 Å². The van der Waals surface area contributed by atoms with Gasteiger partial charge in [0.05, 0.1) is 0 Å². The zero-order valence-electron chi connectivity index (χ0n) is 15.9. The molecule has 1 aliphatic carbocycles. The van der Waals surface area contributed by atoms with Crippen molar-refractivity contribution >= 4 is 5.91 Å². The molecule has 0 atom stereocenters. The molecule has 0 saturated heterocycles.